The summed E-state index contributed by atoms with van der Waals surface area (Å²) in [6, 6.07) is 0. The Morgan fingerprint density at radius 3 is 2.12 bits per heavy atom. The summed E-state index contributed by atoms with van der Waals surface area (Å²) in [5.74, 6) is 0.0797. The van der Waals surface area contributed by atoms with E-state index in [2.05, 4.69) is 10.2 Å². The largest absolute Gasteiger partial charge is 0.392 e. The van der Waals surface area contributed by atoms with Crippen LogP contribution in [0.3, 0.4) is 0 Å². The lowest BCUT2D eigenvalue weighted by molar-refractivity contribution is -0.127. The van der Waals surface area contributed by atoms with Crippen molar-refractivity contribution < 1.29 is 4.79 Å². The van der Waals surface area contributed by atoms with E-state index in [-0.39, 0.29) is 5.91 Å². The first-order valence-corrected chi connectivity index (χ1v) is 5.84. The number of hydrogen-bond donors (Lipinski definition) is 1. The van der Waals surface area contributed by atoms with Gasteiger partial charge in [0.05, 0.1) is 0 Å². The normalized spacial score (nSPS) is 12.9. The molecule has 0 fully saturated rings. The minimum atomic E-state index is 0.0797. The van der Waals surface area contributed by atoms with Crippen LogP contribution in [0.1, 0.15) is 20.8 Å². The Kier molecular flexibility index (Phi) is 7.30. The number of rotatable bonds is 6. The van der Waals surface area contributed by atoms with Gasteiger partial charge in [0, 0.05) is 38.5 Å². The first-order chi connectivity index (χ1) is 7.88. The van der Waals surface area contributed by atoms with E-state index < -0.39 is 0 Å². The molecule has 0 aliphatic heterocycles. The van der Waals surface area contributed by atoms with E-state index in [4.69, 9.17) is 0 Å². The van der Waals surface area contributed by atoms with E-state index in [1.54, 1.807) is 11.8 Å². The highest BCUT2D eigenvalue weighted by Crippen LogP contribution is 2.05. The predicted molar refractivity (Wildman–Crippen MR) is 72.5 cm³/mol. The third-order valence-corrected chi connectivity index (χ3v) is 2.55. The van der Waals surface area contributed by atoms with Gasteiger partial charge in [-0.05, 0) is 40.1 Å². The monoisotopic (exact) mass is 239 g/mol. The summed E-state index contributed by atoms with van der Waals surface area (Å²) in [4.78, 5) is 15.4. The molecule has 0 aromatic heterocycles. The molecule has 0 aliphatic rings. The minimum absolute atomic E-state index is 0.0797. The van der Waals surface area contributed by atoms with Gasteiger partial charge in [0.2, 0.25) is 5.91 Å². The Bertz CT molecular complexity index is 306. The second-order valence-electron chi connectivity index (χ2n) is 4.38. The van der Waals surface area contributed by atoms with Crippen LogP contribution in [0, 0.1) is 0 Å². The summed E-state index contributed by atoms with van der Waals surface area (Å²) in [6.45, 7) is 7.12. The summed E-state index contributed by atoms with van der Waals surface area (Å²) >= 11 is 0. The van der Waals surface area contributed by atoms with Crippen LogP contribution in [0.15, 0.2) is 23.5 Å². The van der Waals surface area contributed by atoms with E-state index in [1.165, 1.54) is 0 Å². The Balaban J connectivity index is 4.65. The third-order valence-electron chi connectivity index (χ3n) is 2.55. The molecule has 0 radical (unpaired) electrons. The van der Waals surface area contributed by atoms with Crippen LogP contribution in [-0.4, -0.2) is 49.9 Å². The van der Waals surface area contributed by atoms with E-state index in [1.807, 2.05) is 47.1 Å². The Hall–Kier alpha value is -1.29. The highest BCUT2D eigenvalue weighted by Gasteiger charge is 2.09. The molecule has 0 unspecified atom stereocenters. The molecule has 4 heteroatoms. The third kappa shape index (κ3) is 6.79. The summed E-state index contributed by atoms with van der Waals surface area (Å²) < 4.78 is 0. The number of carbonyl (C=O) groups excluding carboxylic acids is 1. The number of nitrogens with zero attached hydrogens (tertiary/aromatic N) is 2. The maximum Gasteiger partial charge on any atom is 0.223 e. The maximum atomic E-state index is 11.5. The molecule has 1 amide bonds. The summed E-state index contributed by atoms with van der Waals surface area (Å²) in [5, 5.41) is 3.04. The lowest BCUT2D eigenvalue weighted by atomic mass is 10.3. The van der Waals surface area contributed by atoms with E-state index in [0.717, 1.165) is 24.5 Å². The quantitative estimate of drug-likeness (QED) is 0.712. The van der Waals surface area contributed by atoms with Crippen molar-refractivity contribution in [1.82, 2.24) is 15.1 Å². The van der Waals surface area contributed by atoms with Crippen molar-refractivity contribution in [3.63, 3.8) is 0 Å². The zero-order chi connectivity index (χ0) is 13.4. The Morgan fingerprint density at radius 2 is 1.71 bits per heavy atom. The molecule has 0 saturated heterocycles. The molecule has 0 aromatic carbocycles. The van der Waals surface area contributed by atoms with E-state index in [0.29, 0.717) is 0 Å². The van der Waals surface area contributed by atoms with Crippen LogP contribution < -0.4 is 5.32 Å². The van der Waals surface area contributed by atoms with Gasteiger partial charge < -0.3 is 15.1 Å². The van der Waals surface area contributed by atoms with Crippen molar-refractivity contribution in [1.29, 1.82) is 0 Å². The maximum absolute atomic E-state index is 11.5. The van der Waals surface area contributed by atoms with Crippen LogP contribution in [0.5, 0.6) is 0 Å². The minimum Gasteiger partial charge on any atom is -0.392 e. The summed E-state index contributed by atoms with van der Waals surface area (Å²) in [6.07, 6.45) is 3.93. The molecular weight excluding hydrogens is 214 g/mol. The number of allylic oxidation sites excluding steroid dienone is 4. The van der Waals surface area contributed by atoms with Crippen molar-refractivity contribution >= 4 is 5.91 Å². The second-order valence-corrected chi connectivity index (χ2v) is 4.38. The average Bonchev–Trinajstić information content (AvgIpc) is 2.25. The summed E-state index contributed by atoms with van der Waals surface area (Å²) in [5.41, 5.74) is 2.04. The smallest absolute Gasteiger partial charge is 0.223 e. The number of nitrogens with one attached hydrogen (secondary N) is 1. The van der Waals surface area contributed by atoms with Gasteiger partial charge in [0.15, 0.2) is 0 Å². The van der Waals surface area contributed by atoms with Crippen molar-refractivity contribution in [2.75, 3.05) is 34.2 Å². The highest BCUT2D eigenvalue weighted by atomic mass is 16.2. The molecule has 0 atom stereocenters. The van der Waals surface area contributed by atoms with Crippen LogP contribution in [-0.2, 0) is 4.79 Å². The van der Waals surface area contributed by atoms with Gasteiger partial charge in [-0.2, -0.15) is 0 Å². The van der Waals surface area contributed by atoms with Crippen molar-refractivity contribution in [2.45, 2.75) is 20.8 Å². The Labute approximate surface area is 105 Å². The fraction of sp³-hybridized carbons (Fsp3) is 0.615. The molecule has 0 bridgehead atoms. The van der Waals surface area contributed by atoms with Crippen LogP contribution in [0.2, 0.25) is 0 Å². The number of amides is 1. The fourth-order valence-electron chi connectivity index (χ4n) is 1.30. The fourth-order valence-corrected chi connectivity index (χ4v) is 1.30. The topological polar surface area (TPSA) is 35.6 Å². The molecule has 0 aromatic rings. The summed E-state index contributed by atoms with van der Waals surface area (Å²) in [7, 11) is 5.88. The standard InChI is InChI=1S/C13H25N3O/c1-11(14-4)7-8-12(2)16(13(3)17)10-9-15(5)6/h7-8,14H,9-10H2,1-6H3/b11-7-,12-8+. The van der Waals surface area contributed by atoms with Crippen LogP contribution in [0.4, 0.5) is 0 Å². The molecule has 4 nitrogen and oxygen atoms in total. The van der Waals surface area contributed by atoms with Crippen molar-refractivity contribution in [3.8, 4) is 0 Å². The number of hydrogen-bond acceptors (Lipinski definition) is 3. The number of carbonyl (C=O) groups is 1. The second kappa shape index (κ2) is 7.90. The molecule has 1 N–H and O–H groups in total. The van der Waals surface area contributed by atoms with Crippen LogP contribution >= 0.6 is 0 Å². The van der Waals surface area contributed by atoms with Gasteiger partial charge in [0.1, 0.15) is 0 Å². The van der Waals surface area contributed by atoms with Crippen molar-refractivity contribution in [2.24, 2.45) is 0 Å². The zero-order valence-electron chi connectivity index (χ0n) is 11.9. The zero-order valence-corrected chi connectivity index (χ0v) is 11.9. The predicted octanol–water partition coefficient (Wildman–Crippen LogP) is 1.42. The highest BCUT2D eigenvalue weighted by molar-refractivity contribution is 5.75. The van der Waals surface area contributed by atoms with E-state index in [9.17, 15) is 4.79 Å². The molecule has 0 spiro atoms. The number of likely N-dealkylation sites (N-methyl/N-ethyl adjacent to an activating group) is 1. The van der Waals surface area contributed by atoms with E-state index >= 15 is 0 Å². The lowest BCUT2D eigenvalue weighted by Gasteiger charge is -2.23. The molecule has 0 rings (SSSR count). The van der Waals surface area contributed by atoms with Crippen LogP contribution in [0.25, 0.3) is 0 Å². The molecule has 0 heterocycles. The molecule has 17 heavy (non-hydrogen) atoms. The Morgan fingerprint density at radius 1 is 1.12 bits per heavy atom. The van der Waals surface area contributed by atoms with Gasteiger partial charge in [0.25, 0.3) is 0 Å². The molecular formula is C13H25N3O. The van der Waals surface area contributed by atoms with Gasteiger partial charge in [-0.15, -0.1) is 0 Å². The average molecular weight is 239 g/mol. The first kappa shape index (κ1) is 15.7. The molecule has 0 aliphatic carbocycles. The van der Waals surface area contributed by atoms with Gasteiger partial charge in [-0.25, -0.2) is 0 Å². The molecule has 98 valence electrons. The van der Waals surface area contributed by atoms with Gasteiger partial charge in [-0.1, -0.05) is 0 Å². The lowest BCUT2D eigenvalue weighted by Crippen LogP contribution is -2.33. The van der Waals surface area contributed by atoms with Gasteiger partial charge in [-0.3, -0.25) is 4.79 Å². The molecule has 0 saturated carbocycles. The van der Waals surface area contributed by atoms with Gasteiger partial charge >= 0.3 is 0 Å². The SMILES string of the molecule is CN/C(C)=C\C=C(/C)N(CCN(C)C)C(C)=O. The first-order valence-electron chi connectivity index (χ1n) is 5.84. The van der Waals surface area contributed by atoms with Crippen molar-refractivity contribution in [3.05, 3.63) is 23.5 Å².